The van der Waals surface area contributed by atoms with Crippen molar-refractivity contribution >= 4 is 47.3 Å². The van der Waals surface area contributed by atoms with Gasteiger partial charge in [0.05, 0.1) is 23.5 Å². The Labute approximate surface area is 247 Å². The SMILES string of the molecule is COc1cc(N2CCC(N3CCN(C)CC3)CC2)ccc1NC1N=CC(Cl)=C(Nc2cc(F)ccc2P(C)(C)=O)N1. The van der Waals surface area contributed by atoms with Gasteiger partial charge in [-0.2, -0.15) is 0 Å². The Morgan fingerprint density at radius 3 is 2.46 bits per heavy atom. The molecule has 5 rings (SSSR count). The van der Waals surface area contributed by atoms with E-state index in [1.165, 1.54) is 18.3 Å². The van der Waals surface area contributed by atoms with Gasteiger partial charge in [-0.25, -0.2) is 9.38 Å². The van der Waals surface area contributed by atoms with Gasteiger partial charge in [0.15, 0.2) is 6.29 Å². The van der Waals surface area contributed by atoms with Crippen molar-refractivity contribution in [3.63, 3.8) is 0 Å². The second kappa shape index (κ2) is 12.6. The molecule has 0 radical (unpaired) electrons. The average molecular weight is 604 g/mol. The fraction of sp³-hybridized carbons (Fsp3) is 0.483. The molecule has 12 heteroatoms. The molecule has 1 unspecified atom stereocenters. The van der Waals surface area contributed by atoms with Crippen LogP contribution >= 0.6 is 18.7 Å². The Morgan fingerprint density at radius 1 is 1.05 bits per heavy atom. The van der Waals surface area contributed by atoms with Crippen LogP contribution in [0.25, 0.3) is 0 Å². The van der Waals surface area contributed by atoms with Gasteiger partial charge in [0.2, 0.25) is 0 Å². The van der Waals surface area contributed by atoms with Gasteiger partial charge >= 0.3 is 0 Å². The third-order valence-electron chi connectivity index (χ3n) is 8.02. The molecule has 9 nitrogen and oxygen atoms in total. The van der Waals surface area contributed by atoms with Crippen molar-refractivity contribution in [2.45, 2.75) is 25.2 Å². The molecule has 0 amide bonds. The highest BCUT2D eigenvalue weighted by atomic mass is 35.5. The summed E-state index contributed by atoms with van der Waals surface area (Å²) in [6.07, 6.45) is 3.29. The Bertz CT molecular complexity index is 1350. The molecule has 0 spiro atoms. The number of halogens is 2. The second-order valence-electron chi connectivity index (χ2n) is 11.3. The highest BCUT2D eigenvalue weighted by Gasteiger charge is 2.27. The minimum atomic E-state index is -2.67. The molecule has 0 saturated carbocycles. The number of aliphatic imine (C=N–C) groups is 1. The number of hydrogen-bond donors (Lipinski definition) is 3. The number of rotatable bonds is 8. The molecule has 3 N–H and O–H groups in total. The van der Waals surface area contributed by atoms with E-state index in [0.717, 1.165) is 63.5 Å². The van der Waals surface area contributed by atoms with E-state index in [1.807, 2.05) is 6.07 Å². The molecule has 2 aromatic carbocycles. The van der Waals surface area contributed by atoms with Crippen LogP contribution in [0, 0.1) is 5.82 Å². The predicted octanol–water partition coefficient (Wildman–Crippen LogP) is 4.19. The fourth-order valence-electron chi connectivity index (χ4n) is 5.65. The van der Waals surface area contributed by atoms with E-state index in [9.17, 15) is 8.96 Å². The van der Waals surface area contributed by atoms with Crippen molar-refractivity contribution < 1.29 is 13.7 Å². The zero-order valence-electron chi connectivity index (χ0n) is 24.2. The molecule has 2 saturated heterocycles. The van der Waals surface area contributed by atoms with Gasteiger partial charge in [0, 0.05) is 68.6 Å². The van der Waals surface area contributed by atoms with Gasteiger partial charge in [-0.1, -0.05) is 11.6 Å². The van der Waals surface area contributed by atoms with Gasteiger partial charge in [-0.3, -0.25) is 4.90 Å². The summed E-state index contributed by atoms with van der Waals surface area (Å²) in [4.78, 5) is 11.9. The maximum atomic E-state index is 14.1. The van der Waals surface area contributed by atoms with E-state index in [-0.39, 0.29) is 0 Å². The quantitative estimate of drug-likeness (QED) is 0.388. The number of piperidine rings is 1. The summed E-state index contributed by atoms with van der Waals surface area (Å²) in [5.41, 5.74) is 2.30. The Morgan fingerprint density at radius 2 is 1.78 bits per heavy atom. The predicted molar refractivity (Wildman–Crippen MR) is 168 cm³/mol. The van der Waals surface area contributed by atoms with Crippen LogP contribution in [0.4, 0.5) is 21.5 Å². The van der Waals surface area contributed by atoms with Crippen LogP contribution in [0.15, 0.2) is 52.2 Å². The van der Waals surface area contributed by atoms with E-state index in [1.54, 1.807) is 26.5 Å². The summed E-state index contributed by atoms with van der Waals surface area (Å²) < 4.78 is 32.6. The molecule has 2 fully saturated rings. The first kappa shape index (κ1) is 29.7. The monoisotopic (exact) mass is 603 g/mol. The molecule has 0 bridgehead atoms. The van der Waals surface area contributed by atoms with Crippen LogP contribution in [0.3, 0.4) is 0 Å². The van der Waals surface area contributed by atoms with Crippen molar-refractivity contribution in [3.8, 4) is 5.75 Å². The van der Waals surface area contributed by atoms with Gasteiger partial charge < -0.3 is 35.1 Å². The zero-order valence-corrected chi connectivity index (χ0v) is 25.8. The third kappa shape index (κ3) is 7.17. The first-order valence-electron chi connectivity index (χ1n) is 14.0. The maximum absolute atomic E-state index is 14.1. The van der Waals surface area contributed by atoms with Gasteiger partial charge in [0.25, 0.3) is 0 Å². The maximum Gasteiger partial charge on any atom is 0.195 e. The number of nitrogens with zero attached hydrogens (tertiary/aromatic N) is 4. The molecule has 222 valence electrons. The smallest absolute Gasteiger partial charge is 0.195 e. The van der Waals surface area contributed by atoms with E-state index in [2.05, 4.69) is 54.8 Å². The van der Waals surface area contributed by atoms with Gasteiger partial charge in [-0.15, -0.1) is 0 Å². The van der Waals surface area contributed by atoms with Crippen molar-refractivity contribution in [3.05, 3.63) is 53.1 Å². The lowest BCUT2D eigenvalue weighted by atomic mass is 10.0. The van der Waals surface area contributed by atoms with Crippen molar-refractivity contribution in [2.75, 3.05) is 82.3 Å². The molecule has 3 aliphatic heterocycles. The Balaban J connectivity index is 1.23. The summed E-state index contributed by atoms with van der Waals surface area (Å²) in [6.45, 7) is 9.95. The fourth-order valence-corrected chi connectivity index (χ4v) is 6.94. The third-order valence-corrected chi connectivity index (χ3v) is 9.85. The van der Waals surface area contributed by atoms with Crippen molar-refractivity contribution in [2.24, 2.45) is 4.99 Å². The highest BCUT2D eigenvalue weighted by molar-refractivity contribution is 7.70. The minimum absolute atomic E-state index is 0.322. The first-order valence-corrected chi connectivity index (χ1v) is 17.0. The second-order valence-corrected chi connectivity index (χ2v) is 14.9. The van der Waals surface area contributed by atoms with Crippen molar-refractivity contribution in [1.29, 1.82) is 0 Å². The summed E-state index contributed by atoms with van der Waals surface area (Å²) in [5, 5.41) is 10.5. The molecule has 1 atom stereocenters. The van der Waals surface area contributed by atoms with E-state index in [0.29, 0.717) is 33.6 Å². The largest absolute Gasteiger partial charge is 0.495 e. The summed E-state index contributed by atoms with van der Waals surface area (Å²) in [7, 11) is 1.19. The van der Waals surface area contributed by atoms with Crippen LogP contribution in [0.1, 0.15) is 12.8 Å². The summed E-state index contributed by atoms with van der Waals surface area (Å²) in [6, 6.07) is 11.0. The lowest BCUT2D eigenvalue weighted by Crippen LogP contribution is -2.52. The normalized spacial score (nSPS) is 21.1. The number of anilines is 3. The highest BCUT2D eigenvalue weighted by Crippen LogP contribution is 2.38. The topological polar surface area (TPSA) is 84.5 Å². The number of hydrogen-bond acceptors (Lipinski definition) is 9. The average Bonchev–Trinajstić information content (AvgIpc) is 2.95. The number of piperazine rings is 1. The van der Waals surface area contributed by atoms with E-state index in [4.69, 9.17) is 16.3 Å². The molecule has 0 aliphatic carbocycles. The minimum Gasteiger partial charge on any atom is -0.495 e. The molecule has 3 aliphatic rings. The number of nitrogens with one attached hydrogen (secondary N) is 3. The molecule has 2 aromatic rings. The zero-order chi connectivity index (χ0) is 29.1. The van der Waals surface area contributed by atoms with E-state index < -0.39 is 19.2 Å². The molecular formula is C29H40ClFN7O2P. The molecule has 41 heavy (non-hydrogen) atoms. The van der Waals surface area contributed by atoms with Gasteiger partial charge in [0.1, 0.15) is 24.5 Å². The molecule has 0 aromatic heterocycles. The van der Waals surface area contributed by atoms with Crippen molar-refractivity contribution in [1.82, 2.24) is 15.1 Å². The van der Waals surface area contributed by atoms with Crippen LogP contribution < -0.4 is 30.9 Å². The molecular weight excluding hydrogens is 564 g/mol. The lowest BCUT2D eigenvalue weighted by molar-refractivity contribution is 0.0982. The van der Waals surface area contributed by atoms with Crippen LogP contribution in [0.2, 0.25) is 0 Å². The number of likely N-dealkylation sites (N-methyl/N-ethyl adjacent to an activating group) is 1. The summed E-state index contributed by atoms with van der Waals surface area (Å²) >= 11 is 6.42. The number of allylic oxidation sites excluding steroid dienone is 1. The van der Waals surface area contributed by atoms with Crippen LogP contribution in [-0.4, -0.2) is 95.1 Å². The Hall–Kier alpha value is -2.78. The number of ether oxygens (including phenoxy) is 1. The standard InChI is InChI=1S/C29H40ClFN7O2P/c1-36-13-15-38(16-14-36)21-9-11-37(12-10-21)22-6-7-24(26(18-22)40-2)34-29-32-19-23(30)28(35-29)33-25-17-20(31)5-8-27(25)41(3,4)39/h5-8,17-19,21,29,33-35H,9-16H2,1-4H3. The first-order chi connectivity index (χ1) is 19.6. The number of benzene rings is 2. The lowest BCUT2D eigenvalue weighted by Gasteiger charge is -2.42. The van der Waals surface area contributed by atoms with Crippen LogP contribution in [-0.2, 0) is 4.57 Å². The van der Waals surface area contributed by atoms with Crippen LogP contribution in [0.5, 0.6) is 5.75 Å². The van der Waals surface area contributed by atoms with E-state index >= 15 is 0 Å². The summed E-state index contributed by atoms with van der Waals surface area (Å²) in [5.74, 6) is 0.702. The Kier molecular flexibility index (Phi) is 9.14. The van der Waals surface area contributed by atoms with Gasteiger partial charge in [-0.05, 0) is 63.6 Å². The number of methoxy groups -OCH3 is 1. The molecule has 3 heterocycles.